The van der Waals surface area contributed by atoms with Crippen LogP contribution in [0.5, 0.6) is 5.88 Å². The lowest BCUT2D eigenvalue weighted by Gasteiger charge is -2.07. The Bertz CT molecular complexity index is 616. The molecule has 0 aromatic carbocycles. The van der Waals surface area contributed by atoms with Crippen molar-refractivity contribution in [3.8, 4) is 5.88 Å². The van der Waals surface area contributed by atoms with Gasteiger partial charge in [-0.15, -0.1) is 0 Å². The number of halogens is 1. The van der Waals surface area contributed by atoms with Gasteiger partial charge in [0.25, 0.3) is 0 Å². The van der Waals surface area contributed by atoms with Crippen LogP contribution in [0.1, 0.15) is 24.2 Å². The monoisotopic (exact) mass is 280 g/mol. The highest BCUT2D eigenvalue weighted by atomic mass is 35.5. The molecule has 6 heteroatoms. The minimum atomic E-state index is -0.490. The van der Waals surface area contributed by atoms with Gasteiger partial charge in [-0.05, 0) is 19.9 Å². The first kappa shape index (κ1) is 13.5. The number of ether oxygens (including phenoxy) is 2. The van der Waals surface area contributed by atoms with E-state index in [-0.39, 0.29) is 12.2 Å². The van der Waals surface area contributed by atoms with E-state index in [2.05, 4.69) is 9.97 Å². The number of pyridine rings is 2. The Morgan fingerprint density at radius 3 is 2.79 bits per heavy atom. The molecule has 2 heterocycles. The molecule has 2 aromatic heterocycles. The minimum Gasteiger partial charge on any atom is -0.478 e. The Balaban J connectivity index is 2.47. The zero-order chi connectivity index (χ0) is 13.8. The Hall–Kier alpha value is -1.88. The van der Waals surface area contributed by atoms with Crippen LogP contribution in [0.2, 0.25) is 5.02 Å². The van der Waals surface area contributed by atoms with E-state index in [1.54, 1.807) is 19.1 Å². The van der Waals surface area contributed by atoms with Gasteiger partial charge in [0.15, 0.2) is 5.65 Å². The molecule has 2 rings (SSSR count). The predicted molar refractivity (Wildman–Crippen MR) is 71.7 cm³/mol. The van der Waals surface area contributed by atoms with Crippen LogP contribution < -0.4 is 4.74 Å². The van der Waals surface area contributed by atoms with Gasteiger partial charge in [0.1, 0.15) is 0 Å². The van der Waals surface area contributed by atoms with Crippen LogP contribution >= 0.6 is 11.6 Å². The average Bonchev–Trinajstić information content (AvgIpc) is 2.39. The van der Waals surface area contributed by atoms with Crippen molar-refractivity contribution >= 4 is 28.6 Å². The number of nitrogens with zero attached hydrogens (tertiary/aromatic N) is 2. The molecule has 0 aliphatic carbocycles. The Kier molecular flexibility index (Phi) is 4.16. The third-order valence-electron chi connectivity index (χ3n) is 2.43. The van der Waals surface area contributed by atoms with Crippen molar-refractivity contribution in [2.24, 2.45) is 0 Å². The topological polar surface area (TPSA) is 61.3 Å². The van der Waals surface area contributed by atoms with Crippen LogP contribution in [-0.4, -0.2) is 29.2 Å². The Labute approximate surface area is 115 Å². The first-order valence-electron chi connectivity index (χ1n) is 5.92. The van der Waals surface area contributed by atoms with E-state index in [0.29, 0.717) is 28.5 Å². The number of rotatable bonds is 4. The predicted octanol–water partition coefficient (Wildman–Crippen LogP) is 2.86. The van der Waals surface area contributed by atoms with Gasteiger partial charge >= 0.3 is 5.97 Å². The van der Waals surface area contributed by atoms with Crippen molar-refractivity contribution in [1.82, 2.24) is 9.97 Å². The number of fused-ring (bicyclic) bond motifs is 1. The number of hydrogen-bond donors (Lipinski definition) is 0. The van der Waals surface area contributed by atoms with Crippen molar-refractivity contribution in [3.63, 3.8) is 0 Å². The average molecular weight is 281 g/mol. The van der Waals surface area contributed by atoms with Gasteiger partial charge in [0.05, 0.1) is 23.8 Å². The Morgan fingerprint density at radius 2 is 2.11 bits per heavy atom. The largest absolute Gasteiger partial charge is 0.478 e. The summed E-state index contributed by atoms with van der Waals surface area (Å²) in [6, 6.07) is 3.42. The molecule has 0 amide bonds. The molecular weight excluding hydrogens is 268 g/mol. The zero-order valence-corrected chi connectivity index (χ0v) is 11.4. The van der Waals surface area contributed by atoms with Gasteiger partial charge in [0, 0.05) is 17.6 Å². The van der Waals surface area contributed by atoms with Crippen LogP contribution in [0, 0.1) is 0 Å². The second-order valence-corrected chi connectivity index (χ2v) is 4.04. The molecule has 0 aliphatic rings. The van der Waals surface area contributed by atoms with Crippen LogP contribution in [0.4, 0.5) is 0 Å². The Morgan fingerprint density at radius 1 is 1.32 bits per heavy atom. The molecule has 5 nitrogen and oxygen atoms in total. The minimum absolute atomic E-state index is 0.238. The molecule has 0 fully saturated rings. The second-order valence-electron chi connectivity index (χ2n) is 3.66. The summed E-state index contributed by atoms with van der Waals surface area (Å²) in [5.74, 6) is -0.0155. The molecule has 0 spiro atoms. The van der Waals surface area contributed by atoms with Crippen molar-refractivity contribution in [2.75, 3.05) is 13.2 Å². The summed E-state index contributed by atoms with van der Waals surface area (Å²) in [6.45, 7) is 4.41. The molecule has 0 radical (unpaired) electrons. The number of carbonyl (C=O) groups is 1. The summed E-state index contributed by atoms with van der Waals surface area (Å²) in [5.41, 5.74) is 0.672. The van der Waals surface area contributed by atoms with Gasteiger partial charge in [0.2, 0.25) is 5.88 Å². The summed E-state index contributed by atoms with van der Waals surface area (Å²) in [7, 11) is 0. The van der Waals surface area contributed by atoms with E-state index < -0.39 is 5.97 Å². The molecule has 19 heavy (non-hydrogen) atoms. The van der Waals surface area contributed by atoms with Gasteiger partial charge in [-0.2, -0.15) is 4.98 Å². The molecule has 0 bridgehead atoms. The molecule has 100 valence electrons. The van der Waals surface area contributed by atoms with Crippen molar-refractivity contribution < 1.29 is 14.3 Å². The first-order chi connectivity index (χ1) is 9.17. The highest BCUT2D eigenvalue weighted by molar-refractivity contribution is 6.38. The summed E-state index contributed by atoms with van der Waals surface area (Å²) >= 11 is 6.18. The normalized spacial score (nSPS) is 10.5. The molecule has 0 saturated carbocycles. The maximum atomic E-state index is 11.7. The fourth-order valence-electron chi connectivity index (χ4n) is 1.61. The maximum Gasteiger partial charge on any atom is 0.341 e. The maximum absolute atomic E-state index is 11.7. The SMILES string of the molecule is CCOC(=O)c1cnc2nc(OCC)ccc2c1Cl. The molecule has 2 aromatic rings. The van der Waals surface area contributed by atoms with E-state index in [9.17, 15) is 4.79 Å². The fraction of sp³-hybridized carbons (Fsp3) is 0.308. The zero-order valence-electron chi connectivity index (χ0n) is 10.6. The third kappa shape index (κ3) is 2.76. The van der Waals surface area contributed by atoms with Crippen LogP contribution in [-0.2, 0) is 4.74 Å². The van der Waals surface area contributed by atoms with Crippen molar-refractivity contribution in [3.05, 3.63) is 28.9 Å². The number of aromatic nitrogens is 2. The van der Waals surface area contributed by atoms with Crippen molar-refractivity contribution in [1.29, 1.82) is 0 Å². The van der Waals surface area contributed by atoms with Crippen LogP contribution in [0.15, 0.2) is 18.3 Å². The molecule has 0 atom stereocenters. The molecule has 0 saturated heterocycles. The number of esters is 1. The van der Waals surface area contributed by atoms with E-state index in [4.69, 9.17) is 21.1 Å². The van der Waals surface area contributed by atoms with Crippen LogP contribution in [0.3, 0.4) is 0 Å². The number of carbonyl (C=O) groups excluding carboxylic acids is 1. The van der Waals surface area contributed by atoms with E-state index in [0.717, 1.165) is 0 Å². The summed E-state index contributed by atoms with van der Waals surface area (Å²) in [4.78, 5) is 20.0. The molecule has 0 unspecified atom stereocenters. The van der Waals surface area contributed by atoms with E-state index in [1.807, 2.05) is 6.92 Å². The first-order valence-corrected chi connectivity index (χ1v) is 6.30. The lowest BCUT2D eigenvalue weighted by Crippen LogP contribution is -2.06. The lowest BCUT2D eigenvalue weighted by atomic mass is 10.2. The fourth-order valence-corrected chi connectivity index (χ4v) is 1.88. The molecular formula is C13H13ClN2O3. The van der Waals surface area contributed by atoms with E-state index in [1.165, 1.54) is 6.20 Å². The summed E-state index contributed by atoms with van der Waals surface area (Å²) < 4.78 is 10.2. The smallest absolute Gasteiger partial charge is 0.341 e. The second kappa shape index (κ2) is 5.84. The standard InChI is InChI=1S/C13H13ClN2O3/c1-3-18-10-6-5-8-11(14)9(13(17)19-4-2)7-15-12(8)16-10/h5-7H,3-4H2,1-2H3. The summed E-state index contributed by atoms with van der Waals surface area (Å²) in [5, 5.41) is 0.884. The van der Waals surface area contributed by atoms with Crippen molar-refractivity contribution in [2.45, 2.75) is 13.8 Å². The van der Waals surface area contributed by atoms with E-state index >= 15 is 0 Å². The summed E-state index contributed by atoms with van der Waals surface area (Å²) in [6.07, 6.45) is 1.37. The van der Waals surface area contributed by atoms with Gasteiger partial charge in [-0.1, -0.05) is 11.6 Å². The quantitative estimate of drug-likeness (QED) is 0.806. The van der Waals surface area contributed by atoms with Crippen LogP contribution in [0.25, 0.3) is 11.0 Å². The number of hydrogen-bond acceptors (Lipinski definition) is 5. The van der Waals surface area contributed by atoms with Gasteiger partial charge in [-0.25, -0.2) is 9.78 Å². The highest BCUT2D eigenvalue weighted by Crippen LogP contribution is 2.26. The highest BCUT2D eigenvalue weighted by Gasteiger charge is 2.15. The van der Waals surface area contributed by atoms with Gasteiger partial charge in [-0.3, -0.25) is 0 Å². The van der Waals surface area contributed by atoms with Gasteiger partial charge < -0.3 is 9.47 Å². The molecule has 0 aliphatic heterocycles. The lowest BCUT2D eigenvalue weighted by molar-refractivity contribution is 0.0526. The third-order valence-corrected chi connectivity index (χ3v) is 2.83. The molecule has 0 N–H and O–H groups in total.